The summed E-state index contributed by atoms with van der Waals surface area (Å²) in [4.78, 5) is 12.0. The molecular weight excluding hydrogens is 220 g/mol. The van der Waals surface area contributed by atoms with E-state index in [9.17, 15) is 4.79 Å². The topological polar surface area (TPSA) is 41.1 Å². The molecule has 0 aliphatic carbocycles. The molecule has 4 heteroatoms. The van der Waals surface area contributed by atoms with Crippen LogP contribution in [0.4, 0.5) is 5.69 Å². The van der Waals surface area contributed by atoms with Crippen LogP contribution < -0.4 is 10.6 Å². The largest absolute Gasteiger partial charge is 0.362 e. The molecule has 2 aliphatic rings. The zero-order chi connectivity index (χ0) is 11.0. The van der Waals surface area contributed by atoms with Crippen molar-refractivity contribution < 1.29 is 4.79 Å². The van der Waals surface area contributed by atoms with Crippen LogP contribution in [0.3, 0.4) is 0 Å². The van der Waals surface area contributed by atoms with Crippen molar-refractivity contribution in [3.05, 3.63) is 29.8 Å². The number of rotatable bonds is 0. The molecule has 2 heterocycles. The van der Waals surface area contributed by atoms with Crippen LogP contribution in [0.5, 0.6) is 0 Å². The Morgan fingerprint density at radius 3 is 2.69 bits per heavy atom. The molecule has 0 radical (unpaired) electrons. The highest BCUT2D eigenvalue weighted by atomic mass is 32.2. The molecule has 1 amide bonds. The summed E-state index contributed by atoms with van der Waals surface area (Å²) in [5, 5.41) is 6.62. The number of fused-ring (bicyclic) bond motifs is 1. The van der Waals surface area contributed by atoms with Crippen molar-refractivity contribution in [2.75, 3.05) is 16.8 Å². The first-order valence-corrected chi connectivity index (χ1v) is 6.72. The van der Waals surface area contributed by atoms with Gasteiger partial charge in [0.05, 0.1) is 5.56 Å². The molecule has 0 unspecified atom stereocenters. The average Bonchev–Trinajstić information content (AvgIpc) is 2.30. The Morgan fingerprint density at radius 2 is 1.88 bits per heavy atom. The lowest BCUT2D eigenvalue weighted by Crippen LogP contribution is -2.59. The molecule has 1 aromatic carbocycles. The minimum absolute atomic E-state index is 0.0567. The molecule has 0 saturated carbocycles. The van der Waals surface area contributed by atoms with E-state index in [2.05, 4.69) is 10.6 Å². The van der Waals surface area contributed by atoms with Crippen molar-refractivity contribution in [1.82, 2.24) is 5.32 Å². The zero-order valence-corrected chi connectivity index (χ0v) is 9.77. The Labute approximate surface area is 99.0 Å². The summed E-state index contributed by atoms with van der Waals surface area (Å²) in [7, 11) is 0. The summed E-state index contributed by atoms with van der Waals surface area (Å²) >= 11 is 1.95. The van der Waals surface area contributed by atoms with Crippen molar-refractivity contribution in [2.45, 2.75) is 18.5 Å². The van der Waals surface area contributed by atoms with Gasteiger partial charge in [-0.2, -0.15) is 11.8 Å². The predicted octanol–water partition coefficient (Wildman–Crippen LogP) is 2.07. The van der Waals surface area contributed by atoms with Gasteiger partial charge in [0.25, 0.3) is 5.91 Å². The van der Waals surface area contributed by atoms with Crippen molar-refractivity contribution >= 4 is 23.4 Å². The molecule has 1 saturated heterocycles. The van der Waals surface area contributed by atoms with Gasteiger partial charge in [-0.15, -0.1) is 0 Å². The van der Waals surface area contributed by atoms with E-state index in [1.54, 1.807) is 0 Å². The zero-order valence-electron chi connectivity index (χ0n) is 8.95. The second-order valence-electron chi connectivity index (χ2n) is 4.32. The first-order chi connectivity index (χ1) is 7.79. The fraction of sp³-hybridized carbons (Fsp3) is 0.417. The summed E-state index contributed by atoms with van der Waals surface area (Å²) in [6.45, 7) is 0. The highest BCUT2D eigenvalue weighted by Gasteiger charge is 2.38. The number of hydrogen-bond donors (Lipinski definition) is 2. The lowest BCUT2D eigenvalue weighted by atomic mass is 9.97. The molecule has 1 spiro atoms. The van der Waals surface area contributed by atoms with Crippen LogP contribution in [0.15, 0.2) is 24.3 Å². The number of nitrogens with one attached hydrogen (secondary N) is 2. The van der Waals surface area contributed by atoms with Gasteiger partial charge in [-0.3, -0.25) is 4.79 Å². The monoisotopic (exact) mass is 234 g/mol. The van der Waals surface area contributed by atoms with Gasteiger partial charge in [0.15, 0.2) is 0 Å². The Morgan fingerprint density at radius 1 is 1.12 bits per heavy atom. The summed E-state index contributed by atoms with van der Waals surface area (Å²) in [6, 6.07) is 7.71. The third kappa shape index (κ3) is 1.57. The number of thioether (sulfide) groups is 1. The summed E-state index contributed by atoms with van der Waals surface area (Å²) in [5.74, 6) is 2.27. The normalized spacial score (nSPS) is 22.1. The van der Waals surface area contributed by atoms with Crippen molar-refractivity contribution in [3.8, 4) is 0 Å². The van der Waals surface area contributed by atoms with Gasteiger partial charge in [-0.1, -0.05) is 12.1 Å². The van der Waals surface area contributed by atoms with Gasteiger partial charge >= 0.3 is 0 Å². The van der Waals surface area contributed by atoms with Gasteiger partial charge in [0.1, 0.15) is 5.66 Å². The fourth-order valence-electron chi connectivity index (χ4n) is 2.33. The maximum atomic E-state index is 12.0. The highest BCUT2D eigenvalue weighted by molar-refractivity contribution is 7.99. The number of carbonyl (C=O) groups is 1. The number of carbonyl (C=O) groups excluding carboxylic acids is 1. The molecule has 0 aromatic heterocycles. The van der Waals surface area contributed by atoms with Crippen molar-refractivity contribution in [3.63, 3.8) is 0 Å². The average molecular weight is 234 g/mol. The lowest BCUT2D eigenvalue weighted by Gasteiger charge is -2.42. The third-order valence-corrected chi connectivity index (χ3v) is 4.23. The van der Waals surface area contributed by atoms with Crippen LogP contribution >= 0.6 is 11.8 Å². The fourth-order valence-corrected chi connectivity index (χ4v) is 3.52. The SMILES string of the molecule is O=C1NC2(CCSCC2)Nc2ccccc21. The number of para-hydroxylation sites is 1. The van der Waals surface area contributed by atoms with E-state index in [1.165, 1.54) is 0 Å². The molecule has 0 atom stereocenters. The standard InChI is InChI=1S/C12H14N2OS/c15-11-9-3-1-2-4-10(9)13-12(14-11)5-7-16-8-6-12/h1-4,13H,5-8H2,(H,14,15). The Hall–Kier alpha value is -1.16. The molecular formula is C12H14N2OS. The highest BCUT2D eigenvalue weighted by Crippen LogP contribution is 2.33. The van der Waals surface area contributed by atoms with Crippen LogP contribution in [0.1, 0.15) is 23.2 Å². The van der Waals surface area contributed by atoms with Crippen LogP contribution in [0, 0.1) is 0 Å². The smallest absolute Gasteiger partial charge is 0.255 e. The first-order valence-electron chi connectivity index (χ1n) is 5.57. The molecule has 3 rings (SSSR count). The molecule has 2 N–H and O–H groups in total. The molecule has 3 nitrogen and oxygen atoms in total. The summed E-state index contributed by atoms with van der Waals surface area (Å²) < 4.78 is 0. The minimum atomic E-state index is -0.198. The molecule has 16 heavy (non-hydrogen) atoms. The van der Waals surface area contributed by atoms with Gasteiger partial charge in [-0.25, -0.2) is 0 Å². The van der Waals surface area contributed by atoms with Crippen LogP contribution in [-0.2, 0) is 0 Å². The molecule has 1 fully saturated rings. The first kappa shape index (κ1) is 10.0. The van der Waals surface area contributed by atoms with E-state index in [0.717, 1.165) is 35.6 Å². The Balaban J connectivity index is 1.96. The number of amides is 1. The quantitative estimate of drug-likeness (QED) is 0.722. The van der Waals surface area contributed by atoms with E-state index in [4.69, 9.17) is 0 Å². The molecule has 0 bridgehead atoms. The van der Waals surface area contributed by atoms with E-state index in [-0.39, 0.29) is 11.6 Å². The van der Waals surface area contributed by atoms with E-state index in [1.807, 2.05) is 36.0 Å². The number of hydrogen-bond acceptors (Lipinski definition) is 3. The van der Waals surface area contributed by atoms with Crippen LogP contribution in [0.25, 0.3) is 0 Å². The van der Waals surface area contributed by atoms with Gasteiger partial charge in [0.2, 0.25) is 0 Å². The Kier molecular flexibility index (Phi) is 2.32. The second kappa shape index (κ2) is 3.70. The summed E-state index contributed by atoms with van der Waals surface area (Å²) in [5.41, 5.74) is 1.53. The number of anilines is 1. The lowest BCUT2D eigenvalue weighted by molar-refractivity contribution is 0.0895. The maximum Gasteiger partial charge on any atom is 0.255 e. The molecule has 84 valence electrons. The number of benzene rings is 1. The van der Waals surface area contributed by atoms with Crippen molar-refractivity contribution in [1.29, 1.82) is 0 Å². The van der Waals surface area contributed by atoms with Crippen molar-refractivity contribution in [2.24, 2.45) is 0 Å². The third-order valence-electron chi connectivity index (χ3n) is 3.24. The van der Waals surface area contributed by atoms with Crippen LogP contribution in [0.2, 0.25) is 0 Å². The molecule has 2 aliphatic heterocycles. The predicted molar refractivity (Wildman–Crippen MR) is 66.8 cm³/mol. The van der Waals surface area contributed by atoms with E-state index >= 15 is 0 Å². The molecule has 1 aromatic rings. The van der Waals surface area contributed by atoms with E-state index in [0.29, 0.717) is 0 Å². The van der Waals surface area contributed by atoms with Crippen LogP contribution in [-0.4, -0.2) is 23.1 Å². The van der Waals surface area contributed by atoms with Gasteiger partial charge < -0.3 is 10.6 Å². The van der Waals surface area contributed by atoms with Gasteiger partial charge in [-0.05, 0) is 36.5 Å². The van der Waals surface area contributed by atoms with Gasteiger partial charge in [0, 0.05) is 5.69 Å². The Bertz CT molecular complexity index is 427. The maximum absolute atomic E-state index is 12.0. The minimum Gasteiger partial charge on any atom is -0.362 e. The second-order valence-corrected chi connectivity index (χ2v) is 5.54. The van der Waals surface area contributed by atoms with E-state index < -0.39 is 0 Å². The summed E-state index contributed by atoms with van der Waals surface area (Å²) in [6.07, 6.45) is 2.00.